The van der Waals surface area contributed by atoms with Crippen molar-refractivity contribution >= 4 is 5.82 Å². The van der Waals surface area contributed by atoms with Gasteiger partial charge in [-0.25, -0.2) is 19.9 Å². The molecule has 0 aliphatic carbocycles. The average Bonchev–Trinajstić information content (AvgIpc) is 3.17. The van der Waals surface area contributed by atoms with Gasteiger partial charge in [-0.05, 0) is 19.4 Å². The van der Waals surface area contributed by atoms with Gasteiger partial charge < -0.3 is 14.4 Å². The van der Waals surface area contributed by atoms with Gasteiger partial charge >= 0.3 is 6.01 Å². The van der Waals surface area contributed by atoms with Gasteiger partial charge in [-0.15, -0.1) is 0 Å². The van der Waals surface area contributed by atoms with E-state index in [0.29, 0.717) is 11.9 Å². The molecule has 7 heteroatoms. The van der Waals surface area contributed by atoms with E-state index in [4.69, 9.17) is 9.47 Å². The summed E-state index contributed by atoms with van der Waals surface area (Å²) in [5.74, 6) is 2.25. The lowest BCUT2D eigenvalue weighted by Gasteiger charge is -2.32. The van der Waals surface area contributed by atoms with Crippen molar-refractivity contribution in [1.29, 1.82) is 0 Å². The Kier molecular flexibility index (Phi) is 4.74. The molecule has 0 saturated carbocycles. The topological polar surface area (TPSA) is 73.3 Å². The van der Waals surface area contributed by atoms with Crippen molar-refractivity contribution < 1.29 is 9.47 Å². The molecule has 0 radical (unpaired) electrons. The smallest absolute Gasteiger partial charge is 0.316 e. The SMILES string of the molecule is Cc1nc([C@@H]2CCOC2)cc(N2CCC(Oc3ncccn3)CC2)n1. The van der Waals surface area contributed by atoms with Crippen LogP contribution in [0, 0.1) is 6.92 Å². The van der Waals surface area contributed by atoms with Gasteiger partial charge in [0.2, 0.25) is 0 Å². The van der Waals surface area contributed by atoms with Gasteiger partial charge in [-0.2, -0.15) is 0 Å². The molecule has 2 aliphatic rings. The molecule has 4 heterocycles. The highest BCUT2D eigenvalue weighted by atomic mass is 16.5. The lowest BCUT2D eigenvalue weighted by molar-refractivity contribution is 0.156. The second-order valence-corrected chi connectivity index (χ2v) is 6.59. The molecule has 0 N–H and O–H groups in total. The fraction of sp³-hybridized carbons (Fsp3) is 0.556. The van der Waals surface area contributed by atoms with Gasteiger partial charge in [0.05, 0.1) is 12.3 Å². The highest BCUT2D eigenvalue weighted by molar-refractivity contribution is 5.41. The molecule has 132 valence electrons. The van der Waals surface area contributed by atoms with Crippen LogP contribution in [-0.4, -0.2) is 52.3 Å². The predicted molar refractivity (Wildman–Crippen MR) is 92.8 cm³/mol. The second kappa shape index (κ2) is 7.31. The highest BCUT2D eigenvalue weighted by Gasteiger charge is 2.25. The van der Waals surface area contributed by atoms with E-state index in [1.54, 1.807) is 18.5 Å². The summed E-state index contributed by atoms with van der Waals surface area (Å²) in [6.07, 6.45) is 6.48. The first-order valence-corrected chi connectivity index (χ1v) is 8.90. The normalized spacial score (nSPS) is 21.5. The summed E-state index contributed by atoms with van der Waals surface area (Å²) >= 11 is 0. The van der Waals surface area contributed by atoms with E-state index < -0.39 is 0 Å². The monoisotopic (exact) mass is 341 g/mol. The Hall–Kier alpha value is -2.28. The molecule has 0 amide bonds. The van der Waals surface area contributed by atoms with Gasteiger partial charge in [0, 0.05) is 56.9 Å². The zero-order valence-corrected chi connectivity index (χ0v) is 14.5. The summed E-state index contributed by atoms with van der Waals surface area (Å²) in [4.78, 5) is 19.9. The first kappa shape index (κ1) is 16.2. The van der Waals surface area contributed by atoms with E-state index in [2.05, 4.69) is 30.9 Å². The summed E-state index contributed by atoms with van der Waals surface area (Å²) in [6.45, 7) is 5.38. The minimum Gasteiger partial charge on any atom is -0.460 e. The number of aryl methyl sites for hydroxylation is 1. The van der Waals surface area contributed by atoms with Gasteiger partial charge in [-0.3, -0.25) is 0 Å². The molecule has 0 aromatic carbocycles. The Morgan fingerprint density at radius 2 is 1.92 bits per heavy atom. The third-order valence-corrected chi connectivity index (χ3v) is 4.77. The number of nitrogens with zero attached hydrogens (tertiary/aromatic N) is 5. The average molecular weight is 341 g/mol. The number of hydrogen-bond acceptors (Lipinski definition) is 7. The van der Waals surface area contributed by atoms with Crippen LogP contribution in [0.1, 0.15) is 36.7 Å². The third kappa shape index (κ3) is 3.87. The van der Waals surface area contributed by atoms with E-state index in [-0.39, 0.29) is 6.10 Å². The van der Waals surface area contributed by atoms with Crippen molar-refractivity contribution in [2.45, 2.75) is 38.2 Å². The van der Waals surface area contributed by atoms with Crippen molar-refractivity contribution in [3.63, 3.8) is 0 Å². The maximum atomic E-state index is 5.87. The molecule has 25 heavy (non-hydrogen) atoms. The molecule has 2 fully saturated rings. The van der Waals surface area contributed by atoms with E-state index in [9.17, 15) is 0 Å². The van der Waals surface area contributed by atoms with Crippen LogP contribution in [0.5, 0.6) is 6.01 Å². The fourth-order valence-electron chi connectivity index (χ4n) is 3.41. The van der Waals surface area contributed by atoms with Crippen LogP contribution in [0.4, 0.5) is 5.82 Å². The molecule has 7 nitrogen and oxygen atoms in total. The van der Waals surface area contributed by atoms with Gasteiger partial charge in [0.15, 0.2) is 0 Å². The molecule has 0 spiro atoms. The summed E-state index contributed by atoms with van der Waals surface area (Å²) in [7, 11) is 0. The minimum absolute atomic E-state index is 0.157. The molecule has 2 aliphatic heterocycles. The largest absolute Gasteiger partial charge is 0.460 e. The van der Waals surface area contributed by atoms with E-state index in [0.717, 1.165) is 62.9 Å². The first-order valence-electron chi connectivity index (χ1n) is 8.90. The van der Waals surface area contributed by atoms with Crippen molar-refractivity contribution in [1.82, 2.24) is 19.9 Å². The second-order valence-electron chi connectivity index (χ2n) is 6.59. The van der Waals surface area contributed by atoms with Crippen LogP contribution in [0.3, 0.4) is 0 Å². The van der Waals surface area contributed by atoms with Gasteiger partial charge in [0.25, 0.3) is 0 Å². The van der Waals surface area contributed by atoms with Gasteiger partial charge in [0.1, 0.15) is 17.7 Å². The van der Waals surface area contributed by atoms with Gasteiger partial charge in [-0.1, -0.05) is 0 Å². The van der Waals surface area contributed by atoms with Crippen molar-refractivity contribution in [3.8, 4) is 6.01 Å². The van der Waals surface area contributed by atoms with Crippen molar-refractivity contribution in [2.24, 2.45) is 0 Å². The maximum absolute atomic E-state index is 5.87. The predicted octanol–water partition coefficient (Wildman–Crippen LogP) is 2.13. The summed E-state index contributed by atoms with van der Waals surface area (Å²) in [5, 5.41) is 0. The standard InChI is InChI=1S/C18H23N5O2/c1-13-21-16(14-5-10-24-12-14)11-17(22-13)23-8-3-15(4-9-23)25-18-19-6-2-7-20-18/h2,6-7,11,14-15H,3-5,8-10,12H2,1H3/t14-/m1/s1. The van der Waals surface area contributed by atoms with Crippen LogP contribution < -0.4 is 9.64 Å². The Morgan fingerprint density at radius 1 is 1.12 bits per heavy atom. The van der Waals surface area contributed by atoms with Crippen LogP contribution in [0.15, 0.2) is 24.5 Å². The number of ether oxygens (including phenoxy) is 2. The summed E-state index contributed by atoms with van der Waals surface area (Å²) in [6, 6.07) is 4.38. The van der Waals surface area contributed by atoms with Crippen LogP contribution in [0.2, 0.25) is 0 Å². The van der Waals surface area contributed by atoms with E-state index >= 15 is 0 Å². The molecule has 4 rings (SSSR count). The Balaban J connectivity index is 1.40. The molecule has 0 unspecified atom stereocenters. The molecule has 0 bridgehead atoms. The Bertz CT molecular complexity index is 698. The molecule has 2 saturated heterocycles. The van der Waals surface area contributed by atoms with Crippen molar-refractivity contribution in [2.75, 3.05) is 31.2 Å². The molecule has 1 atom stereocenters. The fourth-order valence-corrected chi connectivity index (χ4v) is 3.41. The molecule has 2 aromatic rings. The highest BCUT2D eigenvalue weighted by Crippen LogP contribution is 2.27. The third-order valence-electron chi connectivity index (χ3n) is 4.77. The summed E-state index contributed by atoms with van der Waals surface area (Å²) < 4.78 is 11.4. The summed E-state index contributed by atoms with van der Waals surface area (Å²) in [5.41, 5.74) is 1.11. The van der Waals surface area contributed by atoms with Crippen LogP contribution in [-0.2, 0) is 4.74 Å². The zero-order chi connectivity index (χ0) is 17.1. The number of aromatic nitrogens is 4. The zero-order valence-electron chi connectivity index (χ0n) is 14.5. The molecular weight excluding hydrogens is 318 g/mol. The quantitative estimate of drug-likeness (QED) is 0.843. The first-order chi connectivity index (χ1) is 12.3. The van der Waals surface area contributed by atoms with E-state index in [1.165, 1.54) is 0 Å². The number of hydrogen-bond donors (Lipinski definition) is 0. The maximum Gasteiger partial charge on any atom is 0.316 e. The van der Waals surface area contributed by atoms with Crippen LogP contribution >= 0.6 is 0 Å². The lowest BCUT2D eigenvalue weighted by atomic mass is 10.0. The van der Waals surface area contributed by atoms with E-state index in [1.807, 2.05) is 6.92 Å². The Labute approximate surface area is 147 Å². The number of rotatable bonds is 4. The molecule has 2 aromatic heterocycles. The number of anilines is 1. The lowest BCUT2D eigenvalue weighted by Crippen LogP contribution is -2.39. The van der Waals surface area contributed by atoms with Crippen molar-refractivity contribution in [3.05, 3.63) is 36.0 Å². The number of piperidine rings is 1. The molecular formula is C18H23N5O2. The van der Waals surface area contributed by atoms with Crippen LogP contribution in [0.25, 0.3) is 0 Å². The minimum atomic E-state index is 0.157. The Morgan fingerprint density at radius 3 is 2.64 bits per heavy atom.